The highest BCUT2D eigenvalue weighted by atomic mass is 16.6. The average Bonchev–Trinajstić information content (AvgIpc) is 2.60. The van der Waals surface area contributed by atoms with Crippen LogP contribution < -0.4 is 10.6 Å². The topological polar surface area (TPSA) is 87.7 Å². The van der Waals surface area contributed by atoms with Crippen molar-refractivity contribution in [2.24, 2.45) is 0 Å². The van der Waals surface area contributed by atoms with Gasteiger partial charge in [-0.25, -0.2) is 4.79 Å². The van der Waals surface area contributed by atoms with Crippen LogP contribution in [0.2, 0.25) is 0 Å². The first-order chi connectivity index (χ1) is 15.0. The molecule has 1 aromatic rings. The van der Waals surface area contributed by atoms with Gasteiger partial charge in [-0.1, -0.05) is 42.7 Å². The maximum absolute atomic E-state index is 13.6. The second-order valence-electron chi connectivity index (χ2n) is 10.8. The molecule has 2 N–H and O–H groups in total. The summed E-state index contributed by atoms with van der Waals surface area (Å²) in [7, 11) is 0. The van der Waals surface area contributed by atoms with Gasteiger partial charge in [-0.15, -0.1) is 0 Å². The van der Waals surface area contributed by atoms with Gasteiger partial charge >= 0.3 is 6.09 Å². The Morgan fingerprint density at radius 3 is 2.00 bits per heavy atom. The smallest absolute Gasteiger partial charge is 0.408 e. The third-order valence-corrected chi connectivity index (χ3v) is 4.76. The van der Waals surface area contributed by atoms with Crippen LogP contribution in [0.1, 0.15) is 91.0 Å². The van der Waals surface area contributed by atoms with Crippen molar-refractivity contribution >= 4 is 17.9 Å². The van der Waals surface area contributed by atoms with Crippen molar-refractivity contribution in [2.75, 3.05) is 6.54 Å². The van der Waals surface area contributed by atoms with E-state index in [1.165, 1.54) is 0 Å². The van der Waals surface area contributed by atoms with E-state index in [-0.39, 0.29) is 11.8 Å². The molecule has 2 atom stereocenters. The SMILES string of the molecule is CCCCN(C(=O)C(C)NC(=O)OC(C)(C)C)C(C(=O)NC(C)(C)C)c1cc(C)cc(C)c1. The summed E-state index contributed by atoms with van der Waals surface area (Å²) >= 11 is 0. The molecule has 2 unspecified atom stereocenters. The lowest BCUT2D eigenvalue weighted by Crippen LogP contribution is -2.54. The maximum Gasteiger partial charge on any atom is 0.408 e. The Balaban J connectivity index is 3.39. The predicted molar refractivity (Wildman–Crippen MR) is 132 cm³/mol. The number of ether oxygens (including phenoxy) is 1. The molecule has 186 valence electrons. The summed E-state index contributed by atoms with van der Waals surface area (Å²) in [6.07, 6.45) is 0.925. The van der Waals surface area contributed by atoms with E-state index in [9.17, 15) is 14.4 Å². The number of amides is 3. The number of carbonyl (C=O) groups is 3. The van der Waals surface area contributed by atoms with E-state index in [2.05, 4.69) is 10.6 Å². The molecule has 0 aliphatic carbocycles. The number of benzene rings is 1. The maximum atomic E-state index is 13.6. The lowest BCUT2D eigenvalue weighted by Gasteiger charge is -2.35. The van der Waals surface area contributed by atoms with Gasteiger partial charge in [0.2, 0.25) is 11.8 Å². The fourth-order valence-corrected chi connectivity index (χ4v) is 3.57. The number of alkyl carbamates (subject to hydrolysis) is 1. The largest absolute Gasteiger partial charge is 0.444 e. The van der Waals surface area contributed by atoms with Crippen LogP contribution in [-0.4, -0.2) is 46.5 Å². The van der Waals surface area contributed by atoms with Crippen LogP contribution in [0.25, 0.3) is 0 Å². The standard InChI is InChI=1S/C26H43N3O4/c1-11-12-13-29(23(31)19(4)27-24(32)33-26(8,9)10)21(22(30)28-25(5,6)7)20-15-17(2)14-18(3)16-20/h14-16,19,21H,11-13H2,1-10H3,(H,27,32)(H,28,30). The molecule has 0 fully saturated rings. The number of aryl methyl sites for hydroxylation is 2. The van der Waals surface area contributed by atoms with Crippen molar-refractivity contribution in [3.63, 3.8) is 0 Å². The molecule has 0 heterocycles. The van der Waals surface area contributed by atoms with Crippen molar-refractivity contribution in [1.29, 1.82) is 0 Å². The van der Waals surface area contributed by atoms with E-state index in [0.29, 0.717) is 6.54 Å². The quantitative estimate of drug-likeness (QED) is 0.582. The van der Waals surface area contributed by atoms with Crippen LogP contribution in [0.3, 0.4) is 0 Å². The molecular formula is C26H43N3O4. The highest BCUT2D eigenvalue weighted by Crippen LogP contribution is 2.26. The number of rotatable bonds is 8. The molecule has 33 heavy (non-hydrogen) atoms. The second-order valence-corrected chi connectivity index (χ2v) is 10.8. The van der Waals surface area contributed by atoms with Gasteiger partial charge in [-0.2, -0.15) is 0 Å². The molecule has 0 saturated heterocycles. The molecule has 0 radical (unpaired) electrons. The van der Waals surface area contributed by atoms with E-state index < -0.39 is 29.3 Å². The Bertz CT molecular complexity index is 817. The van der Waals surface area contributed by atoms with Crippen LogP contribution in [0.4, 0.5) is 4.79 Å². The monoisotopic (exact) mass is 461 g/mol. The van der Waals surface area contributed by atoms with E-state index >= 15 is 0 Å². The lowest BCUT2D eigenvalue weighted by molar-refractivity contribution is -0.142. The third kappa shape index (κ3) is 9.84. The molecule has 0 saturated carbocycles. The van der Waals surface area contributed by atoms with Gasteiger partial charge < -0.3 is 20.3 Å². The summed E-state index contributed by atoms with van der Waals surface area (Å²) in [6, 6.07) is 4.25. The minimum atomic E-state index is -0.854. The zero-order valence-corrected chi connectivity index (χ0v) is 22.1. The minimum Gasteiger partial charge on any atom is -0.444 e. The van der Waals surface area contributed by atoms with Gasteiger partial charge in [-0.3, -0.25) is 9.59 Å². The Kier molecular flexibility index (Phi) is 9.94. The van der Waals surface area contributed by atoms with E-state index in [1.54, 1.807) is 32.6 Å². The summed E-state index contributed by atoms with van der Waals surface area (Å²) in [5.74, 6) is -0.580. The summed E-state index contributed by atoms with van der Waals surface area (Å²) in [5.41, 5.74) is 1.64. The fraction of sp³-hybridized carbons (Fsp3) is 0.654. The Hall–Kier alpha value is -2.57. The van der Waals surface area contributed by atoms with Crippen molar-refractivity contribution in [3.05, 3.63) is 34.9 Å². The summed E-state index contributed by atoms with van der Waals surface area (Å²) < 4.78 is 5.31. The highest BCUT2D eigenvalue weighted by molar-refractivity contribution is 5.92. The molecule has 0 aliphatic heterocycles. The van der Waals surface area contributed by atoms with Crippen molar-refractivity contribution < 1.29 is 19.1 Å². The van der Waals surface area contributed by atoms with Gasteiger partial charge in [0.05, 0.1) is 0 Å². The van der Waals surface area contributed by atoms with Crippen molar-refractivity contribution in [3.8, 4) is 0 Å². The Morgan fingerprint density at radius 1 is 1.00 bits per heavy atom. The number of hydrogen-bond acceptors (Lipinski definition) is 4. The molecule has 0 bridgehead atoms. The molecule has 0 aromatic heterocycles. The Morgan fingerprint density at radius 2 is 1.55 bits per heavy atom. The van der Waals surface area contributed by atoms with Crippen LogP contribution in [0, 0.1) is 13.8 Å². The van der Waals surface area contributed by atoms with Gasteiger partial charge in [0.25, 0.3) is 0 Å². The van der Waals surface area contributed by atoms with Gasteiger partial charge in [0, 0.05) is 12.1 Å². The van der Waals surface area contributed by atoms with Crippen LogP contribution in [0.5, 0.6) is 0 Å². The third-order valence-electron chi connectivity index (χ3n) is 4.76. The second kappa shape index (κ2) is 11.5. The van der Waals surface area contributed by atoms with Crippen LogP contribution in [0.15, 0.2) is 18.2 Å². The molecular weight excluding hydrogens is 418 g/mol. The molecule has 0 aliphatic rings. The molecule has 7 nitrogen and oxygen atoms in total. The first-order valence-corrected chi connectivity index (χ1v) is 11.7. The van der Waals surface area contributed by atoms with Gasteiger partial charge in [0.15, 0.2) is 0 Å². The first kappa shape index (κ1) is 28.5. The van der Waals surface area contributed by atoms with Gasteiger partial charge in [-0.05, 0) is 74.3 Å². The first-order valence-electron chi connectivity index (χ1n) is 11.7. The van der Waals surface area contributed by atoms with E-state index in [0.717, 1.165) is 29.5 Å². The van der Waals surface area contributed by atoms with Crippen LogP contribution in [-0.2, 0) is 14.3 Å². The average molecular weight is 462 g/mol. The number of unbranched alkanes of at least 4 members (excludes halogenated alkanes) is 1. The lowest BCUT2D eigenvalue weighted by atomic mass is 9.97. The Labute approximate surface area is 199 Å². The number of nitrogens with zero attached hydrogens (tertiary/aromatic N) is 1. The summed E-state index contributed by atoms with van der Waals surface area (Å²) in [4.78, 5) is 40.9. The van der Waals surface area contributed by atoms with Crippen molar-refractivity contribution in [2.45, 2.75) is 105 Å². The number of nitrogens with one attached hydrogen (secondary N) is 2. The van der Waals surface area contributed by atoms with Gasteiger partial charge in [0.1, 0.15) is 17.7 Å². The zero-order chi connectivity index (χ0) is 25.6. The van der Waals surface area contributed by atoms with E-state index in [1.807, 2.05) is 59.7 Å². The zero-order valence-electron chi connectivity index (χ0n) is 22.1. The van der Waals surface area contributed by atoms with Crippen molar-refractivity contribution in [1.82, 2.24) is 15.5 Å². The molecule has 1 aromatic carbocycles. The molecule has 1 rings (SSSR count). The summed E-state index contributed by atoms with van der Waals surface area (Å²) in [5, 5.41) is 5.66. The number of carbonyl (C=O) groups excluding carboxylic acids is 3. The molecule has 3 amide bonds. The van der Waals surface area contributed by atoms with E-state index in [4.69, 9.17) is 4.74 Å². The van der Waals surface area contributed by atoms with Crippen LogP contribution >= 0.6 is 0 Å². The highest BCUT2D eigenvalue weighted by Gasteiger charge is 2.35. The minimum absolute atomic E-state index is 0.249. The predicted octanol–water partition coefficient (Wildman–Crippen LogP) is 4.80. The molecule has 7 heteroatoms. The molecule has 0 spiro atoms. The fourth-order valence-electron chi connectivity index (χ4n) is 3.57. The summed E-state index contributed by atoms with van der Waals surface area (Å²) in [6.45, 7) is 19.0. The number of hydrogen-bond donors (Lipinski definition) is 2. The normalized spacial score (nSPS) is 13.6.